The summed E-state index contributed by atoms with van der Waals surface area (Å²) in [7, 11) is 3.31. The Balaban J connectivity index is 1.61. The molecule has 3 heterocycles. The van der Waals surface area contributed by atoms with Gasteiger partial charge in [0.1, 0.15) is 17.7 Å². The van der Waals surface area contributed by atoms with E-state index in [1.165, 1.54) is 17.2 Å². The number of halogens is 1. The molecular weight excluding hydrogens is 489 g/mol. The molecule has 1 unspecified atom stereocenters. The number of hydrogen-bond donors (Lipinski definition) is 2. The number of likely N-dealkylation sites (N-methyl/N-ethyl adjacent to an activating group) is 1. The van der Waals surface area contributed by atoms with Crippen molar-refractivity contribution in [1.82, 2.24) is 25.0 Å². The fourth-order valence-electron chi connectivity index (χ4n) is 4.83. The average Bonchev–Trinajstić information content (AvgIpc) is 3.30. The van der Waals surface area contributed by atoms with Crippen molar-refractivity contribution >= 4 is 29.4 Å². The lowest BCUT2D eigenvalue weighted by atomic mass is 9.81. The Kier molecular flexibility index (Phi) is 7.47. The molecule has 1 fully saturated rings. The molecule has 38 heavy (non-hydrogen) atoms. The van der Waals surface area contributed by atoms with E-state index in [9.17, 15) is 18.8 Å². The van der Waals surface area contributed by atoms with Crippen molar-refractivity contribution in [3.05, 3.63) is 70.9 Å². The summed E-state index contributed by atoms with van der Waals surface area (Å²) in [5, 5.41) is 6.97. The van der Waals surface area contributed by atoms with E-state index in [0.29, 0.717) is 34.7 Å². The number of carbonyl (C=O) groups excluding carboxylic acids is 3. The third kappa shape index (κ3) is 5.22. The number of nitrogens with two attached hydrogens (primary N) is 1. The second-order valence-corrected chi connectivity index (χ2v) is 9.69. The van der Waals surface area contributed by atoms with Gasteiger partial charge in [0.15, 0.2) is 0 Å². The highest BCUT2D eigenvalue weighted by Gasteiger charge is 2.55. The van der Waals surface area contributed by atoms with Crippen LogP contribution in [0.4, 0.5) is 20.7 Å². The van der Waals surface area contributed by atoms with Crippen molar-refractivity contribution in [1.29, 1.82) is 0 Å². The van der Waals surface area contributed by atoms with Crippen LogP contribution in [0.15, 0.2) is 42.7 Å². The predicted molar refractivity (Wildman–Crippen MR) is 141 cm³/mol. The van der Waals surface area contributed by atoms with E-state index in [-0.39, 0.29) is 12.2 Å². The molecule has 0 aliphatic carbocycles. The molecule has 0 saturated carbocycles. The number of urea groups is 1. The minimum atomic E-state index is -1.03. The summed E-state index contributed by atoms with van der Waals surface area (Å²) in [6.07, 6.45) is 3.94. The van der Waals surface area contributed by atoms with Crippen molar-refractivity contribution in [3.8, 4) is 0 Å². The molecule has 0 radical (unpaired) electrons. The van der Waals surface area contributed by atoms with Crippen LogP contribution in [-0.2, 0) is 23.1 Å². The number of nitrogens with one attached hydrogen (secondary N) is 1. The summed E-state index contributed by atoms with van der Waals surface area (Å²) < 4.78 is 15.4. The van der Waals surface area contributed by atoms with E-state index < -0.39 is 35.8 Å². The number of amides is 4. The van der Waals surface area contributed by atoms with E-state index in [2.05, 4.69) is 15.4 Å². The number of likely N-dealkylation sites (tertiary alicyclic amines) is 1. The summed E-state index contributed by atoms with van der Waals surface area (Å²) in [4.78, 5) is 47.0. The molecule has 2 aromatic heterocycles. The zero-order valence-corrected chi connectivity index (χ0v) is 22.1. The van der Waals surface area contributed by atoms with E-state index in [4.69, 9.17) is 5.73 Å². The predicted octanol–water partition coefficient (Wildman–Crippen LogP) is 3.05. The zero-order chi connectivity index (χ0) is 27.7. The number of carbonyl (C=O) groups is 3. The number of anilines is 2. The van der Waals surface area contributed by atoms with Crippen LogP contribution in [0.5, 0.6) is 0 Å². The summed E-state index contributed by atoms with van der Waals surface area (Å²) in [5.41, 5.74) is 9.04. The van der Waals surface area contributed by atoms with Crippen molar-refractivity contribution in [2.75, 3.05) is 17.7 Å². The fraction of sp³-hybridized carbons (Fsp3) is 0.370. The molecular formula is C27H32FN7O3. The van der Waals surface area contributed by atoms with Crippen LogP contribution in [0.2, 0.25) is 0 Å². The number of β-lactam (4-membered cyclic amide) rings is 1. The fourth-order valence-corrected chi connectivity index (χ4v) is 4.83. The van der Waals surface area contributed by atoms with Crippen LogP contribution in [0.25, 0.3) is 0 Å². The smallest absolute Gasteiger partial charge is 0.325 e. The molecule has 0 bridgehead atoms. The first-order valence-electron chi connectivity index (χ1n) is 12.4. The molecule has 1 saturated heterocycles. The molecule has 1 aliphatic heterocycles. The molecule has 3 aromatic rings. The van der Waals surface area contributed by atoms with Crippen molar-refractivity contribution < 1.29 is 18.8 Å². The van der Waals surface area contributed by atoms with Crippen molar-refractivity contribution in [2.45, 2.75) is 45.7 Å². The van der Waals surface area contributed by atoms with Gasteiger partial charge in [0, 0.05) is 26.0 Å². The normalized spacial score (nSPS) is 17.6. The third-order valence-corrected chi connectivity index (χ3v) is 6.87. The first-order valence-corrected chi connectivity index (χ1v) is 12.4. The lowest BCUT2D eigenvalue weighted by Crippen LogP contribution is -2.70. The van der Waals surface area contributed by atoms with Gasteiger partial charge in [-0.15, -0.1) is 0 Å². The van der Waals surface area contributed by atoms with Crippen molar-refractivity contribution in [2.24, 2.45) is 13.0 Å². The quantitative estimate of drug-likeness (QED) is 0.460. The Morgan fingerprint density at radius 2 is 1.97 bits per heavy atom. The molecule has 1 aliphatic rings. The van der Waals surface area contributed by atoms with Gasteiger partial charge >= 0.3 is 6.03 Å². The monoisotopic (exact) mass is 521 g/mol. The number of nitrogen functional groups attached to an aromatic ring is 1. The Labute approximate surface area is 220 Å². The highest BCUT2D eigenvalue weighted by Crippen LogP contribution is 2.33. The Morgan fingerprint density at radius 1 is 1.24 bits per heavy atom. The SMILES string of the molecule is CCC(NC(=O)N1C(=O)[C@H](Cc2cc(C)nc(N)c2)[C@H]1C(=O)N(C)c1cnn(C)c1)c1ccc(F)c(C)c1. The van der Waals surface area contributed by atoms with Crippen LogP contribution < -0.4 is 16.0 Å². The first-order chi connectivity index (χ1) is 18.0. The second-order valence-electron chi connectivity index (χ2n) is 9.69. The lowest BCUT2D eigenvalue weighted by Gasteiger charge is -2.46. The molecule has 11 heteroatoms. The molecule has 10 nitrogen and oxygen atoms in total. The highest BCUT2D eigenvalue weighted by molar-refractivity contribution is 6.12. The van der Waals surface area contributed by atoms with E-state index in [1.54, 1.807) is 57.0 Å². The summed E-state index contributed by atoms with van der Waals surface area (Å²) in [5.74, 6) is -1.66. The highest BCUT2D eigenvalue weighted by atomic mass is 19.1. The van der Waals surface area contributed by atoms with Crippen LogP contribution in [0.1, 0.15) is 41.8 Å². The van der Waals surface area contributed by atoms with Crippen LogP contribution in [0.3, 0.4) is 0 Å². The number of aryl methyl sites for hydroxylation is 3. The van der Waals surface area contributed by atoms with E-state index in [0.717, 1.165) is 10.5 Å². The van der Waals surface area contributed by atoms with Crippen LogP contribution >= 0.6 is 0 Å². The van der Waals surface area contributed by atoms with E-state index >= 15 is 0 Å². The van der Waals surface area contributed by atoms with Gasteiger partial charge in [-0.3, -0.25) is 19.2 Å². The molecule has 200 valence electrons. The van der Waals surface area contributed by atoms with Gasteiger partial charge in [0.25, 0.3) is 5.91 Å². The number of nitrogens with zero attached hydrogens (tertiary/aromatic N) is 5. The summed E-state index contributed by atoms with van der Waals surface area (Å²) in [6, 6.07) is 5.91. The van der Waals surface area contributed by atoms with Gasteiger partial charge in [-0.2, -0.15) is 5.10 Å². The van der Waals surface area contributed by atoms with Crippen LogP contribution in [-0.4, -0.2) is 50.6 Å². The molecule has 1 aromatic carbocycles. The molecule has 4 rings (SSSR count). The zero-order valence-electron chi connectivity index (χ0n) is 22.1. The average molecular weight is 522 g/mol. The number of imide groups is 1. The number of pyridine rings is 1. The van der Waals surface area contributed by atoms with Crippen LogP contribution in [0, 0.1) is 25.6 Å². The molecule has 0 spiro atoms. The van der Waals surface area contributed by atoms with Gasteiger partial charge in [-0.1, -0.05) is 19.1 Å². The second kappa shape index (κ2) is 10.6. The number of rotatable bonds is 7. The standard InChI is InChI=1S/C27H32FN7O3/c1-6-22(18-7-8-21(28)15(2)9-18)32-27(38)35-24(26(37)34(5)19-13-30-33(4)14-19)20(25(35)36)11-17-10-16(3)31-23(29)12-17/h7-10,12-14,20,22,24H,6,11H2,1-5H3,(H2,29,31)(H,32,38)/t20-,22?,24+/m1/s1. The third-order valence-electron chi connectivity index (χ3n) is 6.87. The number of benzene rings is 1. The minimum absolute atomic E-state index is 0.224. The number of hydrogen-bond acceptors (Lipinski definition) is 6. The topological polar surface area (TPSA) is 126 Å². The van der Waals surface area contributed by atoms with Gasteiger partial charge in [0.2, 0.25) is 5.91 Å². The van der Waals surface area contributed by atoms with Gasteiger partial charge in [-0.25, -0.2) is 14.2 Å². The lowest BCUT2D eigenvalue weighted by molar-refractivity contribution is -0.156. The summed E-state index contributed by atoms with van der Waals surface area (Å²) in [6.45, 7) is 5.32. The maximum absolute atomic E-state index is 13.8. The Morgan fingerprint density at radius 3 is 2.58 bits per heavy atom. The summed E-state index contributed by atoms with van der Waals surface area (Å²) >= 11 is 0. The first kappa shape index (κ1) is 26.8. The maximum Gasteiger partial charge on any atom is 0.325 e. The minimum Gasteiger partial charge on any atom is -0.384 e. The van der Waals surface area contributed by atoms with Gasteiger partial charge in [0.05, 0.1) is 23.8 Å². The van der Waals surface area contributed by atoms with E-state index in [1.807, 2.05) is 13.0 Å². The molecule has 4 amide bonds. The number of aromatic nitrogens is 3. The Hall–Kier alpha value is -4.28. The molecule has 3 atom stereocenters. The van der Waals surface area contributed by atoms with Gasteiger partial charge in [-0.05, 0) is 61.6 Å². The van der Waals surface area contributed by atoms with Crippen molar-refractivity contribution in [3.63, 3.8) is 0 Å². The molecule has 3 N–H and O–H groups in total. The van der Waals surface area contributed by atoms with Gasteiger partial charge < -0.3 is 16.0 Å². The largest absolute Gasteiger partial charge is 0.384 e. The maximum atomic E-state index is 13.8. The Bertz CT molecular complexity index is 1370.